The number of methoxy groups -OCH3 is 1. The Bertz CT molecular complexity index is 630. The Balaban J connectivity index is 2.20. The number of β-amino-alcohol motifs (C(OH)–C–C–N with tert-alkyl or cyclic N) is 1. The largest absolute Gasteiger partial charge is 0.495 e. The van der Waals surface area contributed by atoms with Crippen LogP contribution in [-0.2, 0) is 10.2 Å². The predicted octanol–water partition coefficient (Wildman–Crippen LogP) is 3.67. The number of benzene rings is 1. The van der Waals surface area contributed by atoms with Crippen molar-refractivity contribution >= 4 is 23.2 Å². The van der Waals surface area contributed by atoms with E-state index in [1.54, 1.807) is 31.9 Å². The zero-order valence-corrected chi connectivity index (χ0v) is 14.7. The SMILES string of the molecule is COc1ccc(Cl)c2c1N(CC(C)(C)O)C(=O)C21CCCCC1. The second-order valence-electron chi connectivity index (χ2n) is 7.32. The van der Waals surface area contributed by atoms with Gasteiger partial charge in [0.05, 0.1) is 30.4 Å². The first-order valence-electron chi connectivity index (χ1n) is 8.21. The van der Waals surface area contributed by atoms with Crippen LogP contribution in [-0.4, -0.2) is 30.3 Å². The molecule has 0 radical (unpaired) electrons. The standard InChI is InChI=1S/C18H24ClNO3/c1-17(2,22)11-20-15-13(23-3)8-7-12(19)14(15)18(16(20)21)9-5-4-6-10-18/h7-8,22H,4-6,9-11H2,1-3H3. The Kier molecular flexibility index (Phi) is 4.09. The van der Waals surface area contributed by atoms with Gasteiger partial charge in [-0.3, -0.25) is 4.79 Å². The molecule has 1 amide bonds. The molecule has 1 fully saturated rings. The molecule has 0 aromatic heterocycles. The molecule has 1 aliphatic carbocycles. The number of amides is 1. The minimum absolute atomic E-state index is 0.0562. The van der Waals surface area contributed by atoms with Gasteiger partial charge in [0.25, 0.3) is 0 Å². The summed E-state index contributed by atoms with van der Waals surface area (Å²) < 4.78 is 5.50. The lowest BCUT2D eigenvalue weighted by molar-refractivity contribution is -0.125. The third-order valence-corrected chi connectivity index (χ3v) is 5.28. The molecule has 1 aromatic carbocycles. The van der Waals surface area contributed by atoms with E-state index in [0.717, 1.165) is 43.4 Å². The number of nitrogens with zero attached hydrogens (tertiary/aromatic N) is 1. The van der Waals surface area contributed by atoms with E-state index >= 15 is 0 Å². The summed E-state index contributed by atoms with van der Waals surface area (Å²) in [7, 11) is 1.60. The number of aliphatic hydroxyl groups is 1. The molecule has 23 heavy (non-hydrogen) atoms. The molecule has 1 aliphatic heterocycles. The normalized spacial score (nSPS) is 20.0. The molecule has 5 heteroatoms. The van der Waals surface area contributed by atoms with E-state index in [9.17, 15) is 9.90 Å². The third kappa shape index (κ3) is 2.62. The summed E-state index contributed by atoms with van der Waals surface area (Å²) in [5, 5.41) is 10.9. The van der Waals surface area contributed by atoms with Crippen molar-refractivity contribution in [2.45, 2.75) is 57.0 Å². The second-order valence-corrected chi connectivity index (χ2v) is 7.73. The molecule has 1 N–H and O–H groups in total. The first kappa shape index (κ1) is 16.6. The van der Waals surface area contributed by atoms with Crippen molar-refractivity contribution < 1.29 is 14.6 Å². The molecule has 0 saturated heterocycles. The van der Waals surface area contributed by atoms with Crippen LogP contribution in [0.25, 0.3) is 0 Å². The summed E-state index contributed by atoms with van der Waals surface area (Å²) in [4.78, 5) is 15.0. The van der Waals surface area contributed by atoms with Crippen LogP contribution in [0, 0.1) is 0 Å². The molecular formula is C18H24ClNO3. The van der Waals surface area contributed by atoms with Gasteiger partial charge in [-0.1, -0.05) is 30.9 Å². The first-order valence-corrected chi connectivity index (χ1v) is 8.59. The van der Waals surface area contributed by atoms with Crippen molar-refractivity contribution in [2.75, 3.05) is 18.6 Å². The Hall–Kier alpha value is -1.26. The zero-order chi connectivity index (χ0) is 16.8. The van der Waals surface area contributed by atoms with Gasteiger partial charge in [0.2, 0.25) is 5.91 Å². The molecule has 0 bridgehead atoms. The summed E-state index contributed by atoms with van der Waals surface area (Å²) in [6, 6.07) is 3.62. The van der Waals surface area contributed by atoms with E-state index in [4.69, 9.17) is 16.3 Å². The summed E-state index contributed by atoms with van der Waals surface area (Å²) in [6.45, 7) is 3.66. The highest BCUT2D eigenvalue weighted by molar-refractivity contribution is 6.33. The minimum Gasteiger partial charge on any atom is -0.495 e. The average molecular weight is 338 g/mol. The molecule has 4 nitrogen and oxygen atoms in total. The molecule has 126 valence electrons. The van der Waals surface area contributed by atoms with Crippen LogP contribution >= 0.6 is 11.6 Å². The molecule has 0 atom stereocenters. The Labute approximate surface area is 142 Å². The fourth-order valence-corrected chi connectivity index (χ4v) is 4.39. The molecule has 0 unspecified atom stereocenters. The maximum Gasteiger partial charge on any atom is 0.237 e. The van der Waals surface area contributed by atoms with E-state index in [-0.39, 0.29) is 12.5 Å². The lowest BCUT2D eigenvalue weighted by Gasteiger charge is -2.33. The third-order valence-electron chi connectivity index (χ3n) is 4.97. The number of hydrogen-bond donors (Lipinski definition) is 1. The van der Waals surface area contributed by atoms with Crippen LogP contribution in [0.4, 0.5) is 5.69 Å². The van der Waals surface area contributed by atoms with Crippen molar-refractivity contribution in [1.82, 2.24) is 0 Å². The first-order chi connectivity index (χ1) is 10.8. The summed E-state index contributed by atoms with van der Waals surface area (Å²) in [6.07, 6.45) is 4.82. The molecule has 1 spiro atoms. The Morgan fingerprint density at radius 2 is 1.96 bits per heavy atom. The van der Waals surface area contributed by atoms with Crippen LogP contribution in [0.3, 0.4) is 0 Å². The zero-order valence-electron chi connectivity index (χ0n) is 14.0. The van der Waals surface area contributed by atoms with E-state index in [1.165, 1.54) is 0 Å². The van der Waals surface area contributed by atoms with Crippen molar-refractivity contribution in [2.24, 2.45) is 0 Å². The average Bonchev–Trinajstić information content (AvgIpc) is 2.71. The van der Waals surface area contributed by atoms with Crippen LogP contribution < -0.4 is 9.64 Å². The van der Waals surface area contributed by atoms with Crippen molar-refractivity contribution in [3.05, 3.63) is 22.7 Å². The van der Waals surface area contributed by atoms with E-state index < -0.39 is 11.0 Å². The predicted molar refractivity (Wildman–Crippen MR) is 91.4 cm³/mol. The quantitative estimate of drug-likeness (QED) is 0.915. The maximum absolute atomic E-state index is 13.3. The van der Waals surface area contributed by atoms with Gasteiger partial charge in [-0.25, -0.2) is 0 Å². The summed E-state index contributed by atoms with van der Waals surface area (Å²) >= 11 is 6.53. The van der Waals surface area contributed by atoms with E-state index in [1.807, 2.05) is 6.07 Å². The van der Waals surface area contributed by atoms with Gasteiger partial charge in [-0.05, 0) is 38.8 Å². The van der Waals surface area contributed by atoms with Crippen molar-refractivity contribution in [1.29, 1.82) is 0 Å². The smallest absolute Gasteiger partial charge is 0.237 e. The monoisotopic (exact) mass is 337 g/mol. The summed E-state index contributed by atoms with van der Waals surface area (Å²) in [5.41, 5.74) is 0.103. The molecule has 1 saturated carbocycles. The Morgan fingerprint density at radius 1 is 1.30 bits per heavy atom. The van der Waals surface area contributed by atoms with E-state index in [2.05, 4.69) is 0 Å². The van der Waals surface area contributed by atoms with Crippen LogP contribution in [0.15, 0.2) is 12.1 Å². The Morgan fingerprint density at radius 3 is 2.52 bits per heavy atom. The van der Waals surface area contributed by atoms with Crippen molar-refractivity contribution in [3.8, 4) is 5.75 Å². The van der Waals surface area contributed by atoms with Gasteiger partial charge >= 0.3 is 0 Å². The molecule has 2 aliphatic rings. The topological polar surface area (TPSA) is 49.8 Å². The number of carbonyl (C=O) groups is 1. The maximum atomic E-state index is 13.3. The van der Waals surface area contributed by atoms with Gasteiger partial charge in [0, 0.05) is 10.6 Å². The van der Waals surface area contributed by atoms with E-state index in [0.29, 0.717) is 10.8 Å². The fourth-order valence-electron chi connectivity index (χ4n) is 4.06. The highest BCUT2D eigenvalue weighted by Gasteiger charge is 2.54. The van der Waals surface area contributed by atoms with Crippen LogP contribution in [0.5, 0.6) is 5.75 Å². The van der Waals surface area contributed by atoms with Gasteiger partial charge in [-0.15, -0.1) is 0 Å². The second kappa shape index (κ2) is 5.67. The minimum atomic E-state index is -0.986. The number of rotatable bonds is 3. The number of anilines is 1. The lowest BCUT2D eigenvalue weighted by atomic mass is 9.70. The number of hydrogen-bond acceptors (Lipinski definition) is 3. The number of halogens is 1. The van der Waals surface area contributed by atoms with Crippen LogP contribution in [0.1, 0.15) is 51.5 Å². The molecule has 1 heterocycles. The molecular weight excluding hydrogens is 314 g/mol. The van der Waals surface area contributed by atoms with Crippen molar-refractivity contribution in [3.63, 3.8) is 0 Å². The van der Waals surface area contributed by atoms with Gasteiger partial charge < -0.3 is 14.7 Å². The molecule has 3 rings (SSSR count). The van der Waals surface area contributed by atoms with Gasteiger partial charge in [0.15, 0.2) is 0 Å². The highest BCUT2D eigenvalue weighted by Crippen LogP contribution is 2.55. The number of ether oxygens (including phenoxy) is 1. The molecule has 1 aromatic rings. The van der Waals surface area contributed by atoms with Gasteiger partial charge in [-0.2, -0.15) is 0 Å². The lowest BCUT2D eigenvalue weighted by Crippen LogP contribution is -2.46. The van der Waals surface area contributed by atoms with Crippen LogP contribution in [0.2, 0.25) is 5.02 Å². The highest BCUT2D eigenvalue weighted by atomic mass is 35.5. The fraction of sp³-hybridized carbons (Fsp3) is 0.611. The number of fused-ring (bicyclic) bond motifs is 2. The van der Waals surface area contributed by atoms with Gasteiger partial charge in [0.1, 0.15) is 5.75 Å². The number of carbonyl (C=O) groups excluding carboxylic acids is 1. The summed E-state index contributed by atoms with van der Waals surface area (Å²) in [5.74, 6) is 0.699.